The zero-order valence-electron chi connectivity index (χ0n) is 26.0. The Morgan fingerprint density at radius 2 is 1.32 bits per heavy atom. The second-order valence-electron chi connectivity index (χ2n) is 11.2. The summed E-state index contributed by atoms with van der Waals surface area (Å²) in [4.78, 5) is 35.9. The summed E-state index contributed by atoms with van der Waals surface area (Å²) >= 11 is 0. The molecular weight excluding hydrogens is 504 g/mol. The van der Waals surface area contributed by atoms with Crippen LogP contribution in [0.1, 0.15) is 149 Å². The maximum Gasteiger partial charge on any atom is 0.306 e. The number of aliphatic hydroxyl groups excluding tert-OH is 1. The second kappa shape index (κ2) is 28.6. The molecule has 6 nitrogen and oxygen atoms in total. The summed E-state index contributed by atoms with van der Waals surface area (Å²) < 4.78 is 10.5. The molecule has 0 amide bonds. The molecule has 1 unspecified atom stereocenters. The summed E-state index contributed by atoms with van der Waals surface area (Å²) in [6.45, 7) is 6.25. The lowest BCUT2D eigenvalue weighted by molar-refractivity contribution is -0.161. The quantitative estimate of drug-likeness (QED) is 0.0443. The van der Waals surface area contributed by atoms with Crippen LogP contribution in [0.15, 0.2) is 24.3 Å². The minimum absolute atomic E-state index is 0.110. The van der Waals surface area contributed by atoms with Crippen LogP contribution in [0.2, 0.25) is 0 Å². The molecule has 0 fully saturated rings. The normalized spacial score (nSPS) is 13.1. The van der Waals surface area contributed by atoms with E-state index >= 15 is 0 Å². The molecule has 0 aromatic rings. The van der Waals surface area contributed by atoms with E-state index < -0.39 is 6.10 Å². The van der Waals surface area contributed by atoms with Gasteiger partial charge in [0.05, 0.1) is 6.61 Å². The van der Waals surface area contributed by atoms with Gasteiger partial charge < -0.3 is 14.6 Å². The van der Waals surface area contributed by atoms with Crippen molar-refractivity contribution >= 4 is 17.7 Å². The number of unbranched alkanes of at least 4 members (excludes halogenated alkanes) is 12. The summed E-state index contributed by atoms with van der Waals surface area (Å²) in [5.74, 6) is 0.280. The molecule has 0 saturated carbocycles. The number of carbonyl (C=O) groups is 3. The van der Waals surface area contributed by atoms with Crippen molar-refractivity contribution in [3.63, 3.8) is 0 Å². The molecule has 0 aliphatic heterocycles. The van der Waals surface area contributed by atoms with Crippen LogP contribution in [-0.2, 0) is 23.9 Å². The van der Waals surface area contributed by atoms with Crippen molar-refractivity contribution in [2.75, 3.05) is 13.2 Å². The van der Waals surface area contributed by atoms with Crippen molar-refractivity contribution < 1.29 is 29.0 Å². The molecule has 0 radical (unpaired) electrons. The molecule has 0 heterocycles. The third kappa shape index (κ3) is 26.3. The molecule has 232 valence electrons. The first-order chi connectivity index (χ1) is 19.4. The lowest BCUT2D eigenvalue weighted by Crippen LogP contribution is -2.28. The van der Waals surface area contributed by atoms with Gasteiger partial charge in [-0.1, -0.05) is 116 Å². The minimum atomic E-state index is -0.805. The van der Waals surface area contributed by atoms with Crippen molar-refractivity contribution in [2.45, 2.75) is 155 Å². The lowest BCUT2D eigenvalue weighted by Gasteiger charge is -2.15. The predicted molar refractivity (Wildman–Crippen MR) is 164 cm³/mol. The Balaban J connectivity index is 3.72. The third-order valence-electron chi connectivity index (χ3n) is 7.26. The van der Waals surface area contributed by atoms with Crippen molar-refractivity contribution in [3.05, 3.63) is 24.3 Å². The van der Waals surface area contributed by atoms with Gasteiger partial charge in [-0.15, -0.1) is 0 Å². The SMILES string of the molecule is CCCCC/C=C\C=C\C(=O)CCCCCCCC(=O)OC[C@H](CO)OC(=O)CCCCCCCCC(C)CC. The maximum absolute atomic E-state index is 12.0. The summed E-state index contributed by atoms with van der Waals surface area (Å²) in [5, 5.41) is 9.47. The van der Waals surface area contributed by atoms with Crippen LogP contribution >= 0.6 is 0 Å². The molecule has 0 rings (SSSR count). The van der Waals surface area contributed by atoms with Crippen LogP contribution in [0.4, 0.5) is 0 Å². The number of esters is 2. The fraction of sp³-hybridized carbons (Fsp3) is 0.794. The van der Waals surface area contributed by atoms with Gasteiger partial charge in [0.15, 0.2) is 11.9 Å². The van der Waals surface area contributed by atoms with E-state index in [0.29, 0.717) is 19.3 Å². The number of ether oxygens (including phenoxy) is 2. The van der Waals surface area contributed by atoms with Crippen molar-refractivity contribution in [1.29, 1.82) is 0 Å². The van der Waals surface area contributed by atoms with E-state index in [1.54, 1.807) is 6.08 Å². The Morgan fingerprint density at radius 1 is 0.725 bits per heavy atom. The molecule has 0 aliphatic rings. The highest BCUT2D eigenvalue weighted by Crippen LogP contribution is 2.15. The smallest absolute Gasteiger partial charge is 0.306 e. The van der Waals surface area contributed by atoms with E-state index in [2.05, 4.69) is 26.8 Å². The first-order valence-electron chi connectivity index (χ1n) is 16.2. The van der Waals surface area contributed by atoms with E-state index in [0.717, 1.165) is 63.7 Å². The Hall–Kier alpha value is -1.95. The summed E-state index contributed by atoms with van der Waals surface area (Å²) in [6, 6.07) is 0. The van der Waals surface area contributed by atoms with Gasteiger partial charge in [0, 0.05) is 19.3 Å². The summed E-state index contributed by atoms with van der Waals surface area (Å²) in [7, 11) is 0. The van der Waals surface area contributed by atoms with Crippen LogP contribution in [0.5, 0.6) is 0 Å². The average Bonchev–Trinajstić information content (AvgIpc) is 2.95. The number of aliphatic hydroxyl groups is 1. The van der Waals surface area contributed by atoms with E-state index in [4.69, 9.17) is 9.47 Å². The first kappa shape index (κ1) is 38.0. The highest BCUT2D eigenvalue weighted by atomic mass is 16.6. The molecule has 6 heteroatoms. The van der Waals surface area contributed by atoms with Crippen molar-refractivity contribution in [2.24, 2.45) is 5.92 Å². The van der Waals surface area contributed by atoms with Crippen LogP contribution in [0.3, 0.4) is 0 Å². The maximum atomic E-state index is 12.0. The molecule has 0 bridgehead atoms. The van der Waals surface area contributed by atoms with Gasteiger partial charge in [-0.05, 0) is 44.1 Å². The van der Waals surface area contributed by atoms with Crippen molar-refractivity contribution in [3.8, 4) is 0 Å². The number of hydrogen-bond acceptors (Lipinski definition) is 6. The average molecular weight is 565 g/mol. The van der Waals surface area contributed by atoms with E-state index in [1.165, 1.54) is 51.4 Å². The molecular formula is C34H60O6. The van der Waals surface area contributed by atoms with Crippen molar-refractivity contribution in [1.82, 2.24) is 0 Å². The van der Waals surface area contributed by atoms with E-state index in [-0.39, 0.29) is 30.9 Å². The monoisotopic (exact) mass is 564 g/mol. The van der Waals surface area contributed by atoms with Crippen LogP contribution in [0.25, 0.3) is 0 Å². The standard InChI is InChI=1S/C34H60O6/c1-4-6-7-8-9-14-19-24-31(36)25-20-15-12-17-21-26-33(37)39-29-32(28-35)40-34(38)27-22-16-11-10-13-18-23-30(3)5-2/h9,14,19,24,30,32,35H,4-8,10-13,15-18,20-23,25-29H2,1-3H3/b14-9-,24-19+/t30?,32-/m0/s1. The largest absolute Gasteiger partial charge is 0.462 e. The van der Waals surface area contributed by atoms with Gasteiger partial charge in [0.25, 0.3) is 0 Å². The van der Waals surface area contributed by atoms with Gasteiger partial charge in [-0.3, -0.25) is 14.4 Å². The number of ketones is 1. The Labute approximate surface area is 245 Å². The number of carbonyl (C=O) groups excluding carboxylic acids is 3. The molecule has 0 saturated heterocycles. The molecule has 0 aliphatic carbocycles. The van der Waals surface area contributed by atoms with Crippen LogP contribution < -0.4 is 0 Å². The van der Waals surface area contributed by atoms with Gasteiger partial charge in [-0.2, -0.15) is 0 Å². The van der Waals surface area contributed by atoms with Gasteiger partial charge in [-0.25, -0.2) is 0 Å². The van der Waals surface area contributed by atoms with Crippen LogP contribution in [-0.4, -0.2) is 42.1 Å². The predicted octanol–water partition coefficient (Wildman–Crippen LogP) is 8.59. The lowest BCUT2D eigenvalue weighted by atomic mass is 10.00. The van der Waals surface area contributed by atoms with Gasteiger partial charge >= 0.3 is 11.9 Å². The number of hydrogen-bond donors (Lipinski definition) is 1. The molecule has 40 heavy (non-hydrogen) atoms. The fourth-order valence-corrected chi connectivity index (χ4v) is 4.33. The first-order valence-corrected chi connectivity index (χ1v) is 16.2. The molecule has 0 aromatic heterocycles. The highest BCUT2D eigenvalue weighted by molar-refractivity contribution is 5.89. The minimum Gasteiger partial charge on any atom is -0.462 e. The topological polar surface area (TPSA) is 89.9 Å². The molecule has 1 N–H and O–H groups in total. The Kier molecular flexibility index (Phi) is 27.2. The van der Waals surface area contributed by atoms with Gasteiger partial charge in [0.2, 0.25) is 0 Å². The third-order valence-corrected chi connectivity index (χ3v) is 7.26. The highest BCUT2D eigenvalue weighted by Gasteiger charge is 2.16. The van der Waals surface area contributed by atoms with Gasteiger partial charge in [0.1, 0.15) is 6.61 Å². The number of rotatable bonds is 28. The molecule has 0 aromatic carbocycles. The Bertz CT molecular complexity index is 684. The molecule has 2 atom stereocenters. The summed E-state index contributed by atoms with van der Waals surface area (Å²) in [6.07, 6.45) is 26.3. The number of allylic oxidation sites excluding steroid dienone is 4. The Morgan fingerprint density at radius 3 is 1.95 bits per heavy atom. The van der Waals surface area contributed by atoms with E-state index in [9.17, 15) is 19.5 Å². The van der Waals surface area contributed by atoms with Crippen LogP contribution in [0, 0.1) is 5.92 Å². The zero-order chi connectivity index (χ0) is 29.7. The summed E-state index contributed by atoms with van der Waals surface area (Å²) in [5.41, 5.74) is 0. The fourth-order valence-electron chi connectivity index (χ4n) is 4.33. The zero-order valence-corrected chi connectivity index (χ0v) is 26.0. The molecule has 0 spiro atoms. The second-order valence-corrected chi connectivity index (χ2v) is 11.2. The van der Waals surface area contributed by atoms with E-state index in [1.807, 2.05) is 12.2 Å².